The first-order chi connectivity index (χ1) is 10.3. The second-order valence-corrected chi connectivity index (χ2v) is 8.13. The molecule has 2 N–H and O–H groups in total. The summed E-state index contributed by atoms with van der Waals surface area (Å²) in [6, 6.07) is 6.29. The Morgan fingerprint density at radius 1 is 1.36 bits per heavy atom. The summed E-state index contributed by atoms with van der Waals surface area (Å²) in [5.41, 5.74) is -1.48. The lowest BCUT2D eigenvalue weighted by Gasteiger charge is -2.20. The summed E-state index contributed by atoms with van der Waals surface area (Å²) >= 11 is 16.5. The summed E-state index contributed by atoms with van der Waals surface area (Å²) in [6.45, 7) is 0. The van der Waals surface area contributed by atoms with Gasteiger partial charge in [0.15, 0.2) is 11.4 Å². The van der Waals surface area contributed by atoms with Crippen LogP contribution in [0.15, 0.2) is 28.1 Å². The monoisotopic (exact) mass is 419 g/mol. The third-order valence-corrected chi connectivity index (χ3v) is 5.54. The van der Waals surface area contributed by atoms with Gasteiger partial charge < -0.3 is 10.4 Å². The standard InChI is InChI=1S/C14H8BrCl2NO3S/c15-11-2-1-10(22-11)9(19)5-14(21)12-7(17)3-6(16)4-8(12)18-13(14)20/h1-4,21H,5H2,(H,18,20)/t14-/m0/s1. The van der Waals surface area contributed by atoms with E-state index in [0.29, 0.717) is 15.6 Å². The van der Waals surface area contributed by atoms with E-state index in [9.17, 15) is 14.7 Å². The van der Waals surface area contributed by atoms with E-state index in [1.54, 1.807) is 12.1 Å². The molecule has 1 amide bonds. The van der Waals surface area contributed by atoms with Crippen molar-refractivity contribution < 1.29 is 14.7 Å². The molecule has 2 aromatic rings. The Morgan fingerprint density at radius 2 is 2.09 bits per heavy atom. The summed E-state index contributed by atoms with van der Waals surface area (Å²) in [7, 11) is 0. The Balaban J connectivity index is 2.00. The number of hydrogen-bond donors (Lipinski definition) is 2. The SMILES string of the molecule is O=C(C[C@@]1(O)C(=O)Nc2cc(Cl)cc(Cl)c21)c1ccc(Br)s1. The smallest absolute Gasteiger partial charge is 0.261 e. The van der Waals surface area contributed by atoms with Gasteiger partial charge in [-0.1, -0.05) is 23.2 Å². The molecule has 0 unspecified atom stereocenters. The highest BCUT2D eigenvalue weighted by Gasteiger charge is 2.48. The fourth-order valence-electron chi connectivity index (χ4n) is 2.38. The van der Waals surface area contributed by atoms with Crippen molar-refractivity contribution in [1.29, 1.82) is 0 Å². The number of ketones is 1. The van der Waals surface area contributed by atoms with Gasteiger partial charge >= 0.3 is 0 Å². The average molecular weight is 421 g/mol. The summed E-state index contributed by atoms with van der Waals surface area (Å²) in [5, 5.41) is 13.7. The van der Waals surface area contributed by atoms with Crippen LogP contribution in [0.1, 0.15) is 21.7 Å². The number of amides is 1. The van der Waals surface area contributed by atoms with Crippen LogP contribution in [-0.2, 0) is 10.4 Å². The van der Waals surface area contributed by atoms with Crippen LogP contribution in [0, 0.1) is 0 Å². The van der Waals surface area contributed by atoms with Crippen LogP contribution in [0.25, 0.3) is 0 Å². The van der Waals surface area contributed by atoms with Gasteiger partial charge in [0, 0.05) is 10.6 Å². The maximum Gasteiger partial charge on any atom is 0.261 e. The molecule has 114 valence electrons. The van der Waals surface area contributed by atoms with E-state index in [0.717, 1.165) is 3.79 Å². The van der Waals surface area contributed by atoms with Gasteiger partial charge in [-0.2, -0.15) is 0 Å². The Morgan fingerprint density at radius 3 is 2.73 bits per heavy atom. The molecule has 1 aliphatic rings. The first-order valence-electron chi connectivity index (χ1n) is 6.13. The molecular formula is C14H8BrCl2NO3S. The highest BCUT2D eigenvalue weighted by molar-refractivity contribution is 9.11. The summed E-state index contributed by atoms with van der Waals surface area (Å²) in [4.78, 5) is 25.0. The van der Waals surface area contributed by atoms with Gasteiger partial charge in [0.1, 0.15) is 0 Å². The summed E-state index contributed by atoms with van der Waals surface area (Å²) in [5.74, 6) is -1.03. The highest BCUT2D eigenvalue weighted by Crippen LogP contribution is 2.45. The molecule has 0 radical (unpaired) electrons. The number of thiophene rings is 1. The minimum absolute atomic E-state index is 0.142. The summed E-state index contributed by atoms with van der Waals surface area (Å²) < 4.78 is 0.795. The minimum Gasteiger partial charge on any atom is -0.375 e. The number of rotatable bonds is 3. The second-order valence-electron chi connectivity index (χ2n) is 4.83. The first-order valence-corrected chi connectivity index (χ1v) is 8.49. The minimum atomic E-state index is -2.00. The number of nitrogens with one attached hydrogen (secondary N) is 1. The number of Topliss-reactive ketones (excluding diaryl/α,β-unsaturated/α-hetero) is 1. The van der Waals surface area contributed by atoms with Crippen molar-refractivity contribution in [2.24, 2.45) is 0 Å². The van der Waals surface area contributed by atoms with Gasteiger partial charge in [0.2, 0.25) is 0 Å². The third kappa shape index (κ3) is 2.59. The van der Waals surface area contributed by atoms with Crippen molar-refractivity contribution in [3.8, 4) is 0 Å². The van der Waals surface area contributed by atoms with Crippen molar-refractivity contribution >= 4 is 67.8 Å². The fraction of sp³-hybridized carbons (Fsp3) is 0.143. The number of hydrogen-bond acceptors (Lipinski definition) is 4. The second kappa shape index (κ2) is 5.62. The van der Waals surface area contributed by atoms with Crippen molar-refractivity contribution in [3.63, 3.8) is 0 Å². The maximum atomic E-state index is 12.3. The zero-order valence-corrected chi connectivity index (χ0v) is 14.7. The molecule has 1 aromatic heterocycles. The van der Waals surface area contributed by atoms with E-state index < -0.39 is 11.5 Å². The Labute approximate surface area is 148 Å². The van der Waals surface area contributed by atoms with Gasteiger partial charge in [-0.3, -0.25) is 9.59 Å². The summed E-state index contributed by atoms with van der Waals surface area (Å²) in [6.07, 6.45) is -0.389. The fourth-order valence-corrected chi connectivity index (χ4v) is 4.36. The highest BCUT2D eigenvalue weighted by atomic mass is 79.9. The number of fused-ring (bicyclic) bond motifs is 1. The van der Waals surface area contributed by atoms with Crippen LogP contribution >= 0.6 is 50.5 Å². The largest absolute Gasteiger partial charge is 0.375 e. The van der Waals surface area contributed by atoms with E-state index in [2.05, 4.69) is 21.2 Å². The van der Waals surface area contributed by atoms with Crippen LogP contribution in [0.5, 0.6) is 0 Å². The molecule has 3 rings (SSSR count). The van der Waals surface area contributed by atoms with E-state index in [1.165, 1.54) is 23.5 Å². The van der Waals surface area contributed by atoms with Gasteiger partial charge in [-0.25, -0.2) is 0 Å². The zero-order chi connectivity index (χ0) is 16.1. The topological polar surface area (TPSA) is 66.4 Å². The Kier molecular flexibility index (Phi) is 4.07. The van der Waals surface area contributed by atoms with Crippen LogP contribution in [-0.4, -0.2) is 16.8 Å². The molecule has 22 heavy (non-hydrogen) atoms. The van der Waals surface area contributed by atoms with Gasteiger partial charge in [0.05, 0.1) is 25.8 Å². The van der Waals surface area contributed by atoms with E-state index in [4.69, 9.17) is 23.2 Å². The normalized spacial score (nSPS) is 19.9. The molecule has 1 aliphatic heterocycles. The van der Waals surface area contributed by atoms with Crippen LogP contribution in [0.2, 0.25) is 10.0 Å². The van der Waals surface area contributed by atoms with Crippen molar-refractivity contribution in [2.45, 2.75) is 12.0 Å². The Bertz CT molecular complexity index is 807. The molecule has 2 heterocycles. The third-order valence-electron chi connectivity index (χ3n) is 3.36. The number of carbonyl (C=O) groups is 2. The molecule has 0 aliphatic carbocycles. The van der Waals surface area contributed by atoms with Crippen LogP contribution in [0.4, 0.5) is 5.69 Å². The molecular weight excluding hydrogens is 413 g/mol. The predicted molar refractivity (Wildman–Crippen MR) is 90.0 cm³/mol. The molecule has 1 atom stereocenters. The molecule has 0 saturated heterocycles. The van der Waals surface area contributed by atoms with Crippen molar-refractivity contribution in [1.82, 2.24) is 0 Å². The van der Waals surface area contributed by atoms with E-state index in [-0.39, 0.29) is 22.8 Å². The molecule has 0 fully saturated rings. The molecule has 1 aromatic carbocycles. The van der Waals surface area contributed by atoms with Gasteiger partial charge in [-0.05, 0) is 40.2 Å². The molecule has 0 spiro atoms. The van der Waals surface area contributed by atoms with Crippen LogP contribution < -0.4 is 5.32 Å². The van der Waals surface area contributed by atoms with Crippen molar-refractivity contribution in [2.75, 3.05) is 5.32 Å². The van der Waals surface area contributed by atoms with E-state index in [1.807, 2.05) is 0 Å². The van der Waals surface area contributed by atoms with Crippen molar-refractivity contribution in [3.05, 3.63) is 48.5 Å². The van der Waals surface area contributed by atoms with Crippen LogP contribution in [0.3, 0.4) is 0 Å². The molecule has 4 nitrogen and oxygen atoms in total. The lowest BCUT2D eigenvalue weighted by atomic mass is 9.89. The molecule has 8 heteroatoms. The Hall–Kier alpha value is -0.920. The quantitative estimate of drug-likeness (QED) is 0.730. The van der Waals surface area contributed by atoms with Gasteiger partial charge in [0.25, 0.3) is 5.91 Å². The average Bonchev–Trinajstić information content (AvgIpc) is 2.93. The number of anilines is 1. The van der Waals surface area contributed by atoms with Gasteiger partial charge in [-0.15, -0.1) is 11.3 Å². The lowest BCUT2D eigenvalue weighted by molar-refractivity contribution is -0.133. The molecule has 0 bridgehead atoms. The lowest BCUT2D eigenvalue weighted by Crippen LogP contribution is -2.36. The first kappa shape index (κ1) is 16.0. The molecule has 0 saturated carbocycles. The number of benzene rings is 1. The number of carbonyl (C=O) groups excluding carboxylic acids is 2. The zero-order valence-electron chi connectivity index (χ0n) is 10.8. The predicted octanol–water partition coefficient (Wildman–Crippen LogP) is 4.23. The maximum absolute atomic E-state index is 12.3. The number of aliphatic hydroxyl groups is 1. The van der Waals surface area contributed by atoms with E-state index >= 15 is 0 Å². The number of halogens is 3.